The van der Waals surface area contributed by atoms with Gasteiger partial charge in [0, 0.05) is 26.2 Å². The van der Waals surface area contributed by atoms with Gasteiger partial charge in [-0.25, -0.2) is 9.18 Å². The van der Waals surface area contributed by atoms with Crippen LogP contribution in [-0.4, -0.2) is 58.9 Å². The predicted molar refractivity (Wildman–Crippen MR) is 128 cm³/mol. The van der Waals surface area contributed by atoms with Gasteiger partial charge < -0.3 is 19.9 Å². The SMILES string of the molecule is CC(C)(C)OC(=O)N1CCC(c2ccc(NC(=O)C3CN(c4ccc(Cl)nn4)C3)c(F)c2)CC1. The number of nitrogens with one attached hydrogen (secondary N) is 1. The summed E-state index contributed by atoms with van der Waals surface area (Å²) in [6.45, 7) is 7.63. The van der Waals surface area contributed by atoms with Gasteiger partial charge in [0.15, 0.2) is 11.0 Å². The molecule has 0 bridgehead atoms. The predicted octanol–water partition coefficient (Wildman–Crippen LogP) is 4.46. The molecular weight excluding hydrogens is 461 g/mol. The van der Waals surface area contributed by atoms with Crippen LogP contribution in [0.15, 0.2) is 30.3 Å². The highest BCUT2D eigenvalue weighted by atomic mass is 35.5. The van der Waals surface area contributed by atoms with Crippen molar-refractivity contribution < 1.29 is 18.7 Å². The van der Waals surface area contributed by atoms with E-state index >= 15 is 0 Å². The van der Waals surface area contributed by atoms with E-state index in [1.807, 2.05) is 31.7 Å². The van der Waals surface area contributed by atoms with Crippen LogP contribution in [0.5, 0.6) is 0 Å². The number of carbonyl (C=O) groups excluding carboxylic acids is 2. The lowest BCUT2D eigenvalue weighted by Crippen LogP contribution is -2.52. The van der Waals surface area contributed by atoms with Crippen LogP contribution in [0.2, 0.25) is 5.15 Å². The highest BCUT2D eigenvalue weighted by Gasteiger charge is 2.34. The van der Waals surface area contributed by atoms with Gasteiger partial charge in [-0.2, -0.15) is 0 Å². The molecule has 10 heteroatoms. The van der Waals surface area contributed by atoms with Crippen LogP contribution >= 0.6 is 11.6 Å². The number of nitrogens with zero attached hydrogens (tertiary/aromatic N) is 4. The maximum Gasteiger partial charge on any atom is 0.410 e. The summed E-state index contributed by atoms with van der Waals surface area (Å²) in [5.74, 6) is -0.135. The molecule has 2 saturated heterocycles. The molecule has 182 valence electrons. The minimum Gasteiger partial charge on any atom is -0.444 e. The van der Waals surface area contributed by atoms with Crippen molar-refractivity contribution in [3.8, 4) is 0 Å². The molecule has 2 aliphatic heterocycles. The lowest BCUT2D eigenvalue weighted by molar-refractivity contribution is -0.120. The third-order valence-electron chi connectivity index (χ3n) is 6.06. The smallest absolute Gasteiger partial charge is 0.410 e. The van der Waals surface area contributed by atoms with E-state index in [0.717, 1.165) is 18.4 Å². The van der Waals surface area contributed by atoms with Crippen molar-refractivity contribution in [1.29, 1.82) is 0 Å². The topological polar surface area (TPSA) is 87.7 Å². The standard InChI is InChI=1S/C24H29ClFN5O3/c1-24(2,3)34-23(33)30-10-8-15(9-11-30)16-4-5-19(18(26)12-16)27-22(32)17-13-31(14-17)21-7-6-20(25)28-29-21/h4-7,12,15,17H,8-11,13-14H2,1-3H3,(H,27,32). The number of halogens is 2. The minimum atomic E-state index is -0.529. The van der Waals surface area contributed by atoms with E-state index in [4.69, 9.17) is 16.3 Å². The van der Waals surface area contributed by atoms with Crippen LogP contribution in [0.25, 0.3) is 0 Å². The van der Waals surface area contributed by atoms with E-state index in [9.17, 15) is 14.0 Å². The number of aromatic nitrogens is 2. The molecule has 2 fully saturated rings. The second kappa shape index (κ2) is 9.74. The summed E-state index contributed by atoms with van der Waals surface area (Å²) in [6, 6.07) is 8.35. The molecule has 2 aromatic rings. The van der Waals surface area contributed by atoms with Crippen molar-refractivity contribution >= 4 is 35.1 Å². The fourth-order valence-electron chi connectivity index (χ4n) is 4.15. The van der Waals surface area contributed by atoms with Crippen molar-refractivity contribution in [2.24, 2.45) is 5.92 Å². The summed E-state index contributed by atoms with van der Waals surface area (Å²) in [5.41, 5.74) is 0.513. The van der Waals surface area contributed by atoms with E-state index in [1.54, 1.807) is 23.1 Å². The Labute approximate surface area is 203 Å². The fourth-order valence-corrected chi connectivity index (χ4v) is 4.25. The Kier molecular flexibility index (Phi) is 6.93. The molecule has 0 unspecified atom stereocenters. The molecule has 1 N–H and O–H groups in total. The maximum absolute atomic E-state index is 14.8. The first kappa shape index (κ1) is 24.2. The zero-order valence-corrected chi connectivity index (χ0v) is 20.3. The van der Waals surface area contributed by atoms with E-state index in [0.29, 0.717) is 37.1 Å². The fraction of sp³-hybridized carbons (Fsp3) is 0.500. The summed E-state index contributed by atoms with van der Waals surface area (Å²) < 4.78 is 20.2. The molecule has 34 heavy (non-hydrogen) atoms. The Balaban J connectivity index is 1.28. The zero-order chi connectivity index (χ0) is 24.5. The van der Waals surface area contributed by atoms with Gasteiger partial charge in [-0.3, -0.25) is 4.79 Å². The number of ether oxygens (including phenoxy) is 1. The van der Waals surface area contributed by atoms with Crippen LogP contribution in [0, 0.1) is 11.7 Å². The van der Waals surface area contributed by atoms with E-state index in [-0.39, 0.29) is 29.5 Å². The highest BCUT2D eigenvalue weighted by molar-refractivity contribution is 6.29. The number of rotatable bonds is 4. The average molecular weight is 490 g/mol. The number of hydrogen-bond donors (Lipinski definition) is 1. The number of likely N-dealkylation sites (tertiary alicyclic amines) is 1. The second-order valence-electron chi connectivity index (χ2n) is 9.79. The van der Waals surface area contributed by atoms with E-state index in [1.165, 1.54) is 6.07 Å². The quantitative estimate of drug-likeness (QED) is 0.682. The molecule has 2 aliphatic rings. The molecular formula is C24H29ClFN5O3. The molecule has 1 aromatic carbocycles. The molecule has 2 amide bonds. The Hall–Kier alpha value is -2.94. The molecule has 4 rings (SSSR count). The maximum atomic E-state index is 14.8. The number of carbonyl (C=O) groups is 2. The monoisotopic (exact) mass is 489 g/mol. The summed E-state index contributed by atoms with van der Waals surface area (Å²) in [7, 11) is 0. The van der Waals surface area contributed by atoms with Crippen molar-refractivity contribution in [1.82, 2.24) is 15.1 Å². The molecule has 0 radical (unpaired) electrons. The van der Waals surface area contributed by atoms with Gasteiger partial charge in [-0.15, -0.1) is 10.2 Å². The molecule has 0 spiro atoms. The first-order chi connectivity index (χ1) is 16.1. The number of hydrogen-bond acceptors (Lipinski definition) is 6. The largest absolute Gasteiger partial charge is 0.444 e. The van der Waals surface area contributed by atoms with Gasteiger partial charge in [-0.05, 0) is 69.4 Å². The molecule has 0 saturated carbocycles. The summed E-state index contributed by atoms with van der Waals surface area (Å²) in [4.78, 5) is 28.4. The van der Waals surface area contributed by atoms with Crippen LogP contribution in [0.1, 0.15) is 45.1 Å². The lowest BCUT2D eigenvalue weighted by Gasteiger charge is -2.38. The van der Waals surface area contributed by atoms with Crippen molar-refractivity contribution in [2.75, 3.05) is 36.4 Å². The van der Waals surface area contributed by atoms with Crippen LogP contribution in [0.4, 0.5) is 20.7 Å². The van der Waals surface area contributed by atoms with Crippen LogP contribution in [-0.2, 0) is 9.53 Å². The molecule has 1 aromatic heterocycles. The molecule has 8 nitrogen and oxygen atoms in total. The molecule has 0 aliphatic carbocycles. The number of anilines is 2. The van der Waals surface area contributed by atoms with Crippen LogP contribution in [0.3, 0.4) is 0 Å². The van der Waals surface area contributed by atoms with Gasteiger partial charge >= 0.3 is 6.09 Å². The first-order valence-corrected chi connectivity index (χ1v) is 11.8. The molecule has 0 atom stereocenters. The number of benzene rings is 1. The van der Waals surface area contributed by atoms with Gasteiger partial charge in [0.25, 0.3) is 0 Å². The lowest BCUT2D eigenvalue weighted by atomic mass is 9.89. The summed E-state index contributed by atoms with van der Waals surface area (Å²) in [5, 5.41) is 10.8. The number of amides is 2. The zero-order valence-electron chi connectivity index (χ0n) is 19.6. The third kappa shape index (κ3) is 5.75. The Bertz CT molecular complexity index is 1050. The van der Waals surface area contributed by atoms with Crippen molar-refractivity contribution in [2.45, 2.75) is 45.1 Å². The Morgan fingerprint density at radius 2 is 1.82 bits per heavy atom. The van der Waals surface area contributed by atoms with E-state index < -0.39 is 11.4 Å². The van der Waals surface area contributed by atoms with Gasteiger partial charge in [0.1, 0.15) is 11.4 Å². The highest BCUT2D eigenvalue weighted by Crippen LogP contribution is 2.31. The van der Waals surface area contributed by atoms with Gasteiger partial charge in [0.2, 0.25) is 5.91 Å². The Morgan fingerprint density at radius 3 is 2.41 bits per heavy atom. The number of piperidine rings is 1. The summed E-state index contributed by atoms with van der Waals surface area (Å²) in [6.07, 6.45) is 1.15. The van der Waals surface area contributed by atoms with E-state index in [2.05, 4.69) is 15.5 Å². The molecule has 3 heterocycles. The van der Waals surface area contributed by atoms with Gasteiger partial charge in [0.05, 0.1) is 11.6 Å². The summed E-state index contributed by atoms with van der Waals surface area (Å²) >= 11 is 5.75. The third-order valence-corrected chi connectivity index (χ3v) is 6.26. The first-order valence-electron chi connectivity index (χ1n) is 11.4. The van der Waals surface area contributed by atoms with Crippen LogP contribution < -0.4 is 10.2 Å². The minimum absolute atomic E-state index is 0.151. The van der Waals surface area contributed by atoms with Gasteiger partial charge in [-0.1, -0.05) is 17.7 Å². The second-order valence-corrected chi connectivity index (χ2v) is 10.2. The average Bonchev–Trinajstić information content (AvgIpc) is 2.74. The normalized spacial score (nSPS) is 17.3. The Morgan fingerprint density at radius 1 is 1.12 bits per heavy atom. The van der Waals surface area contributed by atoms with Crippen molar-refractivity contribution in [3.05, 3.63) is 46.9 Å². The van der Waals surface area contributed by atoms with Crippen molar-refractivity contribution in [3.63, 3.8) is 0 Å².